The van der Waals surface area contributed by atoms with Crippen LogP contribution in [-0.2, 0) is 0 Å². The average molecular weight is 254 g/mol. The number of carbonyl (C=O) groups excluding carboxylic acids is 1. The highest BCUT2D eigenvalue weighted by atomic mass is 16.1. The summed E-state index contributed by atoms with van der Waals surface area (Å²) in [5.74, 6) is -0.0983. The highest BCUT2D eigenvalue weighted by Crippen LogP contribution is 2.17. The lowest BCUT2D eigenvalue weighted by molar-refractivity contribution is 0.0939. The Labute approximate surface area is 113 Å². The zero-order valence-electron chi connectivity index (χ0n) is 11.5. The Hall–Kier alpha value is -2.16. The fraction of sp³-hybridized carbons (Fsp3) is 0.250. The molecule has 0 fully saturated rings. The number of aryl methyl sites for hydroxylation is 2. The number of hydrogen-bond acceptors (Lipinski definition) is 2. The number of benzene rings is 1. The molecule has 0 aliphatic carbocycles. The van der Waals surface area contributed by atoms with Gasteiger partial charge >= 0.3 is 0 Å². The first-order valence-electron chi connectivity index (χ1n) is 6.36. The average Bonchev–Trinajstić information content (AvgIpc) is 2.42. The third-order valence-electron chi connectivity index (χ3n) is 3.30. The molecule has 98 valence electrons. The normalized spacial score (nSPS) is 11.9. The number of nitrogens with one attached hydrogen (secondary N) is 1. The van der Waals surface area contributed by atoms with Crippen LogP contribution in [0.2, 0.25) is 0 Å². The molecule has 3 heteroatoms. The fourth-order valence-corrected chi connectivity index (χ4v) is 1.89. The van der Waals surface area contributed by atoms with Gasteiger partial charge in [-0.15, -0.1) is 0 Å². The lowest BCUT2D eigenvalue weighted by atomic mass is 10.0. The van der Waals surface area contributed by atoms with E-state index in [1.165, 1.54) is 11.1 Å². The number of aromatic nitrogens is 1. The van der Waals surface area contributed by atoms with Gasteiger partial charge in [-0.3, -0.25) is 9.78 Å². The SMILES string of the molecule is Cc1ccc([C@@H](C)NC(=O)c2cccnc2)cc1C. The maximum Gasteiger partial charge on any atom is 0.253 e. The van der Waals surface area contributed by atoms with Gasteiger partial charge in [0.05, 0.1) is 11.6 Å². The van der Waals surface area contributed by atoms with Crippen LogP contribution in [-0.4, -0.2) is 10.9 Å². The van der Waals surface area contributed by atoms with Crippen molar-refractivity contribution in [3.8, 4) is 0 Å². The molecule has 1 aromatic carbocycles. The fourth-order valence-electron chi connectivity index (χ4n) is 1.89. The molecule has 19 heavy (non-hydrogen) atoms. The molecule has 1 N–H and O–H groups in total. The van der Waals surface area contributed by atoms with Crippen molar-refractivity contribution in [1.82, 2.24) is 10.3 Å². The second-order valence-electron chi connectivity index (χ2n) is 4.78. The molecule has 2 rings (SSSR count). The molecule has 1 amide bonds. The molecule has 1 aromatic heterocycles. The van der Waals surface area contributed by atoms with E-state index in [0.29, 0.717) is 5.56 Å². The Bertz CT molecular complexity index is 579. The molecule has 0 radical (unpaired) electrons. The van der Waals surface area contributed by atoms with Gasteiger partial charge in [0.2, 0.25) is 0 Å². The van der Waals surface area contributed by atoms with Gasteiger partial charge < -0.3 is 5.32 Å². The van der Waals surface area contributed by atoms with Gasteiger partial charge in [0.15, 0.2) is 0 Å². The Morgan fingerprint density at radius 1 is 1.21 bits per heavy atom. The predicted octanol–water partition coefficient (Wildman–Crippen LogP) is 3.19. The summed E-state index contributed by atoms with van der Waals surface area (Å²) in [5, 5.41) is 2.98. The molecule has 0 saturated carbocycles. The van der Waals surface area contributed by atoms with Crippen molar-refractivity contribution in [2.24, 2.45) is 0 Å². The van der Waals surface area contributed by atoms with Gasteiger partial charge in [-0.25, -0.2) is 0 Å². The minimum Gasteiger partial charge on any atom is -0.345 e. The summed E-state index contributed by atoms with van der Waals surface area (Å²) >= 11 is 0. The number of carbonyl (C=O) groups is 1. The van der Waals surface area contributed by atoms with Crippen molar-refractivity contribution in [1.29, 1.82) is 0 Å². The molecular formula is C16H18N2O. The topological polar surface area (TPSA) is 42.0 Å². The standard InChI is InChI=1S/C16H18N2O/c1-11-6-7-14(9-12(11)2)13(3)18-16(19)15-5-4-8-17-10-15/h4-10,13H,1-3H3,(H,18,19)/t13-/m1/s1. The Kier molecular flexibility index (Phi) is 3.95. The molecule has 0 spiro atoms. The smallest absolute Gasteiger partial charge is 0.253 e. The molecule has 0 aliphatic heterocycles. The highest BCUT2D eigenvalue weighted by Gasteiger charge is 2.11. The lowest BCUT2D eigenvalue weighted by Gasteiger charge is -2.15. The van der Waals surface area contributed by atoms with E-state index in [1.54, 1.807) is 24.5 Å². The number of hydrogen-bond donors (Lipinski definition) is 1. The van der Waals surface area contributed by atoms with Crippen molar-refractivity contribution in [2.45, 2.75) is 26.8 Å². The predicted molar refractivity (Wildman–Crippen MR) is 76.0 cm³/mol. The Morgan fingerprint density at radius 3 is 2.63 bits per heavy atom. The molecule has 2 aromatic rings. The molecular weight excluding hydrogens is 236 g/mol. The van der Waals surface area contributed by atoms with Crippen molar-refractivity contribution in [3.63, 3.8) is 0 Å². The number of pyridine rings is 1. The summed E-state index contributed by atoms with van der Waals surface area (Å²) in [5.41, 5.74) is 4.19. The molecule has 1 heterocycles. The van der Waals surface area contributed by atoms with Crippen LogP contribution in [0.1, 0.15) is 40.0 Å². The van der Waals surface area contributed by atoms with Gasteiger partial charge in [-0.1, -0.05) is 18.2 Å². The first-order valence-corrected chi connectivity index (χ1v) is 6.36. The van der Waals surface area contributed by atoms with Crippen LogP contribution in [0.15, 0.2) is 42.7 Å². The van der Waals surface area contributed by atoms with Gasteiger partial charge in [0, 0.05) is 12.4 Å². The summed E-state index contributed by atoms with van der Waals surface area (Å²) in [6.45, 7) is 6.14. The first kappa shape index (κ1) is 13.3. The Balaban J connectivity index is 2.10. The zero-order valence-corrected chi connectivity index (χ0v) is 11.5. The quantitative estimate of drug-likeness (QED) is 0.914. The summed E-state index contributed by atoms with van der Waals surface area (Å²) in [4.78, 5) is 16.0. The molecule has 0 saturated heterocycles. The van der Waals surface area contributed by atoms with Gasteiger partial charge in [-0.2, -0.15) is 0 Å². The molecule has 0 unspecified atom stereocenters. The molecule has 0 aliphatic rings. The summed E-state index contributed by atoms with van der Waals surface area (Å²) in [7, 11) is 0. The van der Waals surface area contributed by atoms with Crippen LogP contribution in [0.4, 0.5) is 0 Å². The first-order chi connectivity index (χ1) is 9.08. The molecule has 1 atom stereocenters. The van der Waals surface area contributed by atoms with Crippen molar-refractivity contribution >= 4 is 5.91 Å². The third-order valence-corrected chi connectivity index (χ3v) is 3.30. The van der Waals surface area contributed by atoms with Crippen molar-refractivity contribution in [2.75, 3.05) is 0 Å². The molecule has 0 bridgehead atoms. The second kappa shape index (κ2) is 5.65. The van der Waals surface area contributed by atoms with E-state index < -0.39 is 0 Å². The van der Waals surface area contributed by atoms with Crippen LogP contribution in [0.3, 0.4) is 0 Å². The van der Waals surface area contributed by atoms with Crippen LogP contribution in [0.25, 0.3) is 0 Å². The van der Waals surface area contributed by atoms with Crippen LogP contribution >= 0.6 is 0 Å². The minimum absolute atomic E-state index is 0.0213. The highest BCUT2D eigenvalue weighted by molar-refractivity contribution is 5.94. The summed E-state index contributed by atoms with van der Waals surface area (Å²) in [6, 6.07) is 9.75. The number of amides is 1. The van der Waals surface area contributed by atoms with Gasteiger partial charge in [-0.05, 0) is 49.6 Å². The Morgan fingerprint density at radius 2 is 2.00 bits per heavy atom. The van der Waals surface area contributed by atoms with Crippen molar-refractivity contribution < 1.29 is 4.79 Å². The van der Waals surface area contributed by atoms with E-state index in [-0.39, 0.29) is 11.9 Å². The van der Waals surface area contributed by atoms with Crippen molar-refractivity contribution in [3.05, 3.63) is 65.0 Å². The van der Waals surface area contributed by atoms with Crippen LogP contribution < -0.4 is 5.32 Å². The summed E-state index contributed by atoms with van der Waals surface area (Å²) < 4.78 is 0. The molecule has 3 nitrogen and oxygen atoms in total. The lowest BCUT2D eigenvalue weighted by Crippen LogP contribution is -2.26. The van der Waals surface area contributed by atoms with Gasteiger partial charge in [0.25, 0.3) is 5.91 Å². The van der Waals surface area contributed by atoms with E-state index in [0.717, 1.165) is 5.56 Å². The largest absolute Gasteiger partial charge is 0.345 e. The van der Waals surface area contributed by atoms with E-state index in [4.69, 9.17) is 0 Å². The summed E-state index contributed by atoms with van der Waals surface area (Å²) in [6.07, 6.45) is 3.23. The number of nitrogens with zero attached hydrogens (tertiary/aromatic N) is 1. The van der Waals surface area contributed by atoms with E-state index in [2.05, 4.69) is 42.3 Å². The zero-order chi connectivity index (χ0) is 13.8. The maximum absolute atomic E-state index is 12.0. The van der Waals surface area contributed by atoms with Crippen LogP contribution in [0, 0.1) is 13.8 Å². The maximum atomic E-state index is 12.0. The van der Waals surface area contributed by atoms with E-state index >= 15 is 0 Å². The third kappa shape index (κ3) is 3.19. The van der Waals surface area contributed by atoms with Gasteiger partial charge in [0.1, 0.15) is 0 Å². The van der Waals surface area contributed by atoms with E-state index in [9.17, 15) is 4.79 Å². The monoisotopic (exact) mass is 254 g/mol. The van der Waals surface area contributed by atoms with Crippen LogP contribution in [0.5, 0.6) is 0 Å². The minimum atomic E-state index is -0.0983. The number of rotatable bonds is 3. The van der Waals surface area contributed by atoms with E-state index in [1.807, 2.05) is 6.92 Å². The second-order valence-corrected chi connectivity index (χ2v) is 4.78.